The zero-order valence-corrected chi connectivity index (χ0v) is 8.54. The van der Waals surface area contributed by atoms with Crippen LogP contribution in [0.3, 0.4) is 0 Å². The summed E-state index contributed by atoms with van der Waals surface area (Å²) in [4.78, 5) is 0. The molecule has 0 aliphatic heterocycles. The summed E-state index contributed by atoms with van der Waals surface area (Å²) in [5.41, 5.74) is 0. The van der Waals surface area contributed by atoms with Crippen molar-refractivity contribution in [1.82, 2.24) is 0 Å². The van der Waals surface area contributed by atoms with Crippen molar-refractivity contribution in [3.05, 3.63) is 42.7 Å². The first kappa shape index (κ1) is 10.2. The molecule has 0 saturated heterocycles. The maximum atomic E-state index is 12.0. The fourth-order valence-corrected chi connectivity index (χ4v) is 2.50. The van der Waals surface area contributed by atoms with Crippen molar-refractivity contribution in [2.45, 2.75) is 6.92 Å². The van der Waals surface area contributed by atoms with E-state index in [1.807, 2.05) is 25.1 Å². The predicted molar refractivity (Wildman–Crippen MR) is 55.5 cm³/mol. The molecule has 0 fully saturated rings. The van der Waals surface area contributed by atoms with Crippen LogP contribution >= 0.6 is 7.37 Å². The van der Waals surface area contributed by atoms with Gasteiger partial charge in [-0.25, -0.2) is 0 Å². The van der Waals surface area contributed by atoms with Gasteiger partial charge in [-0.15, -0.1) is 0 Å². The highest BCUT2D eigenvalue weighted by molar-refractivity contribution is 7.69. The molecule has 0 N–H and O–H groups in total. The third kappa shape index (κ3) is 2.30. The molecule has 1 aromatic rings. The quantitative estimate of drug-likeness (QED) is 0.692. The molecule has 0 bridgehead atoms. The van der Waals surface area contributed by atoms with Crippen molar-refractivity contribution in [3.63, 3.8) is 0 Å². The van der Waals surface area contributed by atoms with Gasteiger partial charge in [0.1, 0.15) is 0 Å². The predicted octanol–water partition coefficient (Wildman–Crippen LogP) is 2.77. The van der Waals surface area contributed by atoms with Gasteiger partial charge in [-0.2, -0.15) is 0 Å². The minimum atomic E-state index is -2.79. The molecule has 0 amide bonds. The number of rotatable bonds is 4. The van der Waals surface area contributed by atoms with Gasteiger partial charge in [0.05, 0.1) is 6.61 Å². The van der Waals surface area contributed by atoms with Gasteiger partial charge in [0, 0.05) is 5.30 Å². The maximum absolute atomic E-state index is 12.0. The second-order valence-corrected chi connectivity index (χ2v) is 4.87. The van der Waals surface area contributed by atoms with Crippen molar-refractivity contribution < 1.29 is 9.09 Å². The minimum absolute atomic E-state index is 0.429. The minimum Gasteiger partial charge on any atom is -0.323 e. The Hall–Kier alpha value is -0.850. The number of hydrogen-bond donors (Lipinski definition) is 0. The molecular weight excluding hydrogens is 183 g/mol. The fraction of sp³-hybridized carbons (Fsp3) is 0.200. The first-order valence-electron chi connectivity index (χ1n) is 4.16. The van der Waals surface area contributed by atoms with E-state index in [0.717, 1.165) is 0 Å². The summed E-state index contributed by atoms with van der Waals surface area (Å²) < 4.78 is 17.2. The molecule has 1 atom stereocenters. The molecule has 0 aliphatic carbocycles. The van der Waals surface area contributed by atoms with Crippen LogP contribution < -0.4 is 5.30 Å². The Balaban J connectivity index is 3.03. The van der Waals surface area contributed by atoms with Crippen molar-refractivity contribution in [1.29, 1.82) is 0 Å². The summed E-state index contributed by atoms with van der Waals surface area (Å²) in [6.45, 7) is 5.79. The summed E-state index contributed by atoms with van der Waals surface area (Å²) in [7, 11) is -2.79. The van der Waals surface area contributed by atoms with Crippen molar-refractivity contribution in [2.75, 3.05) is 6.61 Å². The first-order valence-corrected chi connectivity index (χ1v) is 5.86. The summed E-state index contributed by atoms with van der Waals surface area (Å²) in [6.07, 6.45) is 0. The Bertz CT molecular complexity index is 319. The molecule has 2 nitrogen and oxygen atoms in total. The molecule has 0 unspecified atom stereocenters. The van der Waals surface area contributed by atoms with Crippen LogP contribution in [0, 0.1) is 0 Å². The van der Waals surface area contributed by atoms with Gasteiger partial charge in [-0.3, -0.25) is 4.57 Å². The average molecular weight is 196 g/mol. The smallest absolute Gasteiger partial charge is 0.253 e. The lowest BCUT2D eigenvalue weighted by molar-refractivity contribution is 0.347. The lowest BCUT2D eigenvalue weighted by atomic mass is 10.4. The van der Waals surface area contributed by atoms with E-state index in [9.17, 15) is 4.57 Å². The van der Waals surface area contributed by atoms with Crippen molar-refractivity contribution >= 4 is 12.7 Å². The Kier molecular flexibility index (Phi) is 3.47. The van der Waals surface area contributed by atoms with Crippen LogP contribution in [0.4, 0.5) is 0 Å². The van der Waals surface area contributed by atoms with Gasteiger partial charge >= 0.3 is 0 Å². The third-order valence-electron chi connectivity index (χ3n) is 1.68. The van der Waals surface area contributed by atoms with Crippen LogP contribution in [-0.2, 0) is 9.09 Å². The Labute approximate surface area is 78.7 Å². The van der Waals surface area contributed by atoms with E-state index in [0.29, 0.717) is 11.9 Å². The first-order chi connectivity index (χ1) is 6.23. The van der Waals surface area contributed by atoms with Gasteiger partial charge in [-0.1, -0.05) is 24.8 Å². The van der Waals surface area contributed by atoms with E-state index in [2.05, 4.69) is 6.58 Å². The number of benzene rings is 1. The van der Waals surface area contributed by atoms with Crippen LogP contribution in [-0.4, -0.2) is 6.61 Å². The highest BCUT2D eigenvalue weighted by Gasteiger charge is 2.19. The monoisotopic (exact) mass is 196 g/mol. The zero-order valence-electron chi connectivity index (χ0n) is 7.64. The van der Waals surface area contributed by atoms with E-state index in [-0.39, 0.29) is 0 Å². The molecule has 0 saturated carbocycles. The average Bonchev–Trinajstić information content (AvgIpc) is 2.19. The van der Waals surface area contributed by atoms with E-state index < -0.39 is 7.37 Å². The summed E-state index contributed by atoms with van der Waals surface area (Å²) in [5.74, 6) is 1.39. The summed E-state index contributed by atoms with van der Waals surface area (Å²) >= 11 is 0. The van der Waals surface area contributed by atoms with Crippen LogP contribution in [0.1, 0.15) is 6.92 Å². The Morgan fingerprint density at radius 2 is 2.08 bits per heavy atom. The standard InChI is InChI=1S/C10H13O2P/c1-3-12-13(11,4-2)10-8-6-5-7-9-10/h4-9H,2-3H2,1H3/t13-/m0/s1. The van der Waals surface area contributed by atoms with Crippen molar-refractivity contribution in [3.8, 4) is 0 Å². The summed E-state index contributed by atoms with van der Waals surface area (Å²) in [5, 5.41) is 0.701. The summed E-state index contributed by atoms with van der Waals surface area (Å²) in [6, 6.07) is 9.13. The van der Waals surface area contributed by atoms with Gasteiger partial charge in [0.25, 0.3) is 7.37 Å². The SMILES string of the molecule is C=C[P@](=O)(OCC)c1ccccc1. The van der Waals surface area contributed by atoms with Gasteiger partial charge in [0.2, 0.25) is 0 Å². The van der Waals surface area contributed by atoms with E-state index in [1.165, 1.54) is 5.82 Å². The number of hydrogen-bond acceptors (Lipinski definition) is 2. The van der Waals surface area contributed by atoms with Crippen molar-refractivity contribution in [2.24, 2.45) is 0 Å². The molecule has 3 heteroatoms. The molecule has 70 valence electrons. The fourth-order valence-electron chi connectivity index (χ4n) is 1.06. The maximum Gasteiger partial charge on any atom is 0.253 e. The highest BCUT2D eigenvalue weighted by atomic mass is 31.2. The molecule has 13 heavy (non-hydrogen) atoms. The van der Waals surface area contributed by atoms with Gasteiger partial charge in [0.15, 0.2) is 0 Å². The van der Waals surface area contributed by atoms with Crippen LogP contribution in [0.15, 0.2) is 42.7 Å². The van der Waals surface area contributed by atoms with E-state index in [4.69, 9.17) is 4.52 Å². The molecule has 0 radical (unpaired) electrons. The van der Waals surface area contributed by atoms with Gasteiger partial charge < -0.3 is 4.52 Å². The van der Waals surface area contributed by atoms with Crippen LogP contribution in [0.2, 0.25) is 0 Å². The molecule has 1 aromatic carbocycles. The Morgan fingerprint density at radius 1 is 1.46 bits per heavy atom. The van der Waals surface area contributed by atoms with Crippen LogP contribution in [0.5, 0.6) is 0 Å². The van der Waals surface area contributed by atoms with Crippen LogP contribution in [0.25, 0.3) is 0 Å². The highest BCUT2D eigenvalue weighted by Crippen LogP contribution is 2.46. The van der Waals surface area contributed by atoms with E-state index in [1.54, 1.807) is 12.1 Å². The second kappa shape index (κ2) is 4.40. The second-order valence-electron chi connectivity index (χ2n) is 2.53. The lowest BCUT2D eigenvalue weighted by Crippen LogP contribution is -2.04. The third-order valence-corrected chi connectivity index (χ3v) is 3.82. The molecule has 0 aromatic heterocycles. The Morgan fingerprint density at radius 3 is 2.54 bits per heavy atom. The zero-order chi connectivity index (χ0) is 9.73. The normalized spacial score (nSPS) is 14.8. The molecule has 0 spiro atoms. The lowest BCUT2D eigenvalue weighted by Gasteiger charge is -2.12. The van der Waals surface area contributed by atoms with E-state index >= 15 is 0 Å². The molecule has 0 heterocycles. The topological polar surface area (TPSA) is 26.3 Å². The van der Waals surface area contributed by atoms with Gasteiger partial charge in [-0.05, 0) is 24.9 Å². The largest absolute Gasteiger partial charge is 0.323 e. The molecule has 1 rings (SSSR count). The molecule has 0 aliphatic rings. The molecular formula is C10H13O2P.